The zero-order valence-corrected chi connectivity index (χ0v) is 14.8. The number of rotatable bonds is 4. The van der Waals surface area contributed by atoms with Crippen LogP contribution in [-0.2, 0) is 11.2 Å². The van der Waals surface area contributed by atoms with Gasteiger partial charge >= 0.3 is 5.63 Å². The summed E-state index contributed by atoms with van der Waals surface area (Å²) < 4.78 is 5.18. The predicted molar refractivity (Wildman–Crippen MR) is 98.5 cm³/mol. The minimum atomic E-state index is -0.431. The molecule has 0 aliphatic heterocycles. The number of carbonyl (C=O) groups excluding carboxylic acids is 1. The molecule has 0 fully saturated rings. The number of amides is 1. The van der Waals surface area contributed by atoms with E-state index in [1.165, 1.54) is 6.07 Å². The molecule has 7 nitrogen and oxygen atoms in total. The Morgan fingerprint density at radius 1 is 1.19 bits per heavy atom. The van der Waals surface area contributed by atoms with Gasteiger partial charge in [-0.2, -0.15) is 0 Å². The third-order valence-electron chi connectivity index (χ3n) is 4.18. The zero-order chi connectivity index (χ0) is 18.8. The Labute approximate surface area is 149 Å². The Kier molecular flexibility index (Phi) is 4.71. The fraction of sp³-hybridized carbons (Fsp3) is 0.263. The number of anilines is 1. The van der Waals surface area contributed by atoms with Gasteiger partial charge in [0.2, 0.25) is 5.91 Å². The van der Waals surface area contributed by atoms with Crippen LogP contribution < -0.4 is 16.5 Å². The Morgan fingerprint density at radius 3 is 2.69 bits per heavy atom. The van der Waals surface area contributed by atoms with Crippen LogP contribution in [0.1, 0.15) is 29.1 Å². The maximum atomic E-state index is 12.2. The molecule has 7 heteroatoms. The highest BCUT2D eigenvalue weighted by atomic mass is 16.4. The van der Waals surface area contributed by atoms with E-state index in [0.29, 0.717) is 34.8 Å². The highest BCUT2D eigenvalue weighted by Gasteiger charge is 2.11. The first kappa shape index (κ1) is 17.6. The van der Waals surface area contributed by atoms with E-state index in [-0.39, 0.29) is 17.9 Å². The Bertz CT molecular complexity index is 1110. The van der Waals surface area contributed by atoms with Crippen LogP contribution in [0.2, 0.25) is 0 Å². The first-order chi connectivity index (χ1) is 12.3. The first-order valence-corrected chi connectivity index (χ1v) is 8.24. The summed E-state index contributed by atoms with van der Waals surface area (Å²) in [6, 6.07) is 6.59. The SMILES string of the molecule is Cc1nc(C)c(CCC(=O)Nc2ccc3c(C)cc(=O)oc3c2)c(=O)[nH]1. The van der Waals surface area contributed by atoms with Gasteiger partial charge in [0.05, 0.1) is 0 Å². The highest BCUT2D eigenvalue weighted by Crippen LogP contribution is 2.21. The fourth-order valence-electron chi connectivity index (χ4n) is 2.91. The van der Waals surface area contributed by atoms with E-state index in [0.717, 1.165) is 10.9 Å². The Balaban J connectivity index is 1.73. The molecule has 0 saturated heterocycles. The van der Waals surface area contributed by atoms with Crippen LogP contribution in [0.3, 0.4) is 0 Å². The van der Waals surface area contributed by atoms with E-state index >= 15 is 0 Å². The van der Waals surface area contributed by atoms with Crippen molar-refractivity contribution in [2.45, 2.75) is 33.6 Å². The van der Waals surface area contributed by atoms with Gasteiger partial charge in [0, 0.05) is 40.9 Å². The number of H-pyrrole nitrogens is 1. The first-order valence-electron chi connectivity index (χ1n) is 8.24. The van der Waals surface area contributed by atoms with Crippen molar-refractivity contribution in [3.8, 4) is 0 Å². The van der Waals surface area contributed by atoms with E-state index < -0.39 is 5.63 Å². The molecular formula is C19H19N3O4. The van der Waals surface area contributed by atoms with Crippen LogP contribution in [0, 0.1) is 20.8 Å². The smallest absolute Gasteiger partial charge is 0.336 e. The van der Waals surface area contributed by atoms with Gasteiger partial charge in [0.1, 0.15) is 11.4 Å². The number of nitrogens with zero attached hydrogens (tertiary/aromatic N) is 1. The molecule has 2 heterocycles. The van der Waals surface area contributed by atoms with Crippen LogP contribution in [0.4, 0.5) is 5.69 Å². The Morgan fingerprint density at radius 2 is 1.96 bits per heavy atom. The lowest BCUT2D eigenvalue weighted by Crippen LogP contribution is -2.20. The zero-order valence-electron chi connectivity index (χ0n) is 14.8. The van der Waals surface area contributed by atoms with Gasteiger partial charge in [-0.1, -0.05) is 0 Å². The molecule has 0 atom stereocenters. The summed E-state index contributed by atoms with van der Waals surface area (Å²) in [6.07, 6.45) is 0.437. The van der Waals surface area contributed by atoms with Crippen molar-refractivity contribution in [1.29, 1.82) is 0 Å². The molecule has 0 aliphatic rings. The number of aromatic nitrogens is 2. The normalized spacial score (nSPS) is 10.9. The van der Waals surface area contributed by atoms with Crippen molar-refractivity contribution >= 4 is 22.6 Å². The standard InChI is InChI=1S/C19H19N3O4/c1-10-8-18(24)26-16-9-13(4-5-14(10)16)22-17(23)7-6-15-11(2)20-12(3)21-19(15)25/h4-5,8-9H,6-7H2,1-3H3,(H,22,23)(H,20,21,25). The number of aromatic amines is 1. The second-order valence-corrected chi connectivity index (χ2v) is 6.22. The van der Waals surface area contributed by atoms with Crippen LogP contribution in [0.25, 0.3) is 11.0 Å². The molecule has 0 unspecified atom stereocenters. The maximum Gasteiger partial charge on any atom is 0.336 e. The van der Waals surface area contributed by atoms with Crippen molar-refractivity contribution in [3.05, 3.63) is 67.7 Å². The van der Waals surface area contributed by atoms with Gasteiger partial charge in [-0.15, -0.1) is 0 Å². The third kappa shape index (κ3) is 3.72. The molecule has 26 heavy (non-hydrogen) atoms. The average Bonchev–Trinajstić information content (AvgIpc) is 2.53. The molecule has 1 aromatic carbocycles. The van der Waals surface area contributed by atoms with E-state index in [4.69, 9.17) is 4.42 Å². The lowest BCUT2D eigenvalue weighted by molar-refractivity contribution is -0.116. The summed E-state index contributed by atoms with van der Waals surface area (Å²) in [5, 5.41) is 3.58. The van der Waals surface area contributed by atoms with Crippen molar-refractivity contribution in [1.82, 2.24) is 9.97 Å². The quantitative estimate of drug-likeness (QED) is 0.701. The second-order valence-electron chi connectivity index (χ2n) is 6.22. The number of hydrogen-bond donors (Lipinski definition) is 2. The van der Waals surface area contributed by atoms with E-state index in [9.17, 15) is 14.4 Å². The fourth-order valence-corrected chi connectivity index (χ4v) is 2.91. The summed E-state index contributed by atoms with van der Waals surface area (Å²) in [7, 11) is 0. The van der Waals surface area contributed by atoms with Crippen LogP contribution in [-0.4, -0.2) is 15.9 Å². The molecular weight excluding hydrogens is 334 g/mol. The molecule has 134 valence electrons. The monoisotopic (exact) mass is 353 g/mol. The molecule has 3 aromatic rings. The highest BCUT2D eigenvalue weighted by molar-refractivity contribution is 5.93. The van der Waals surface area contributed by atoms with Crippen molar-refractivity contribution in [2.24, 2.45) is 0 Å². The van der Waals surface area contributed by atoms with Gasteiger partial charge in [-0.25, -0.2) is 9.78 Å². The number of nitrogens with one attached hydrogen (secondary N) is 2. The van der Waals surface area contributed by atoms with Crippen LogP contribution >= 0.6 is 0 Å². The molecule has 1 amide bonds. The van der Waals surface area contributed by atoms with E-state index in [1.807, 2.05) is 6.92 Å². The molecule has 0 saturated carbocycles. The van der Waals surface area contributed by atoms with Gasteiger partial charge in [-0.05, 0) is 44.9 Å². The number of fused-ring (bicyclic) bond motifs is 1. The molecule has 0 radical (unpaired) electrons. The molecule has 3 rings (SSSR count). The lowest BCUT2D eigenvalue weighted by Gasteiger charge is -2.08. The van der Waals surface area contributed by atoms with E-state index in [1.54, 1.807) is 32.0 Å². The Hall–Kier alpha value is -3.22. The van der Waals surface area contributed by atoms with Crippen molar-refractivity contribution in [3.63, 3.8) is 0 Å². The van der Waals surface area contributed by atoms with Crippen molar-refractivity contribution < 1.29 is 9.21 Å². The van der Waals surface area contributed by atoms with Gasteiger partial charge in [-0.3, -0.25) is 9.59 Å². The topological polar surface area (TPSA) is 105 Å². The molecule has 0 bridgehead atoms. The second kappa shape index (κ2) is 6.95. The largest absolute Gasteiger partial charge is 0.423 e. The summed E-state index contributed by atoms with van der Waals surface area (Å²) >= 11 is 0. The van der Waals surface area contributed by atoms with Gasteiger partial charge in [0.25, 0.3) is 5.56 Å². The number of aryl methyl sites for hydroxylation is 3. The van der Waals surface area contributed by atoms with Gasteiger partial charge < -0.3 is 14.7 Å². The molecule has 2 aromatic heterocycles. The lowest BCUT2D eigenvalue weighted by atomic mass is 10.1. The van der Waals surface area contributed by atoms with Crippen LogP contribution in [0.15, 0.2) is 38.3 Å². The summed E-state index contributed by atoms with van der Waals surface area (Å²) in [6.45, 7) is 5.29. The minimum Gasteiger partial charge on any atom is -0.423 e. The maximum absolute atomic E-state index is 12.2. The number of carbonyl (C=O) groups is 1. The van der Waals surface area contributed by atoms with Crippen molar-refractivity contribution in [2.75, 3.05) is 5.32 Å². The summed E-state index contributed by atoms with van der Waals surface area (Å²) in [4.78, 5) is 42.5. The third-order valence-corrected chi connectivity index (χ3v) is 4.18. The van der Waals surface area contributed by atoms with Gasteiger partial charge in [0.15, 0.2) is 0 Å². The average molecular weight is 353 g/mol. The predicted octanol–water partition coefficient (Wildman–Crippen LogP) is 2.37. The summed E-state index contributed by atoms with van der Waals surface area (Å²) in [5.74, 6) is 0.312. The molecule has 2 N–H and O–H groups in total. The number of hydrogen-bond acceptors (Lipinski definition) is 5. The van der Waals surface area contributed by atoms with E-state index in [2.05, 4.69) is 15.3 Å². The summed E-state index contributed by atoms with van der Waals surface area (Å²) in [5.41, 5.74) is 2.25. The molecule has 0 spiro atoms. The van der Waals surface area contributed by atoms with Crippen LogP contribution in [0.5, 0.6) is 0 Å². The minimum absolute atomic E-state index is 0.143. The molecule has 0 aliphatic carbocycles. The number of benzene rings is 1.